The Morgan fingerprint density at radius 2 is 1.93 bits per heavy atom. The van der Waals surface area contributed by atoms with E-state index in [9.17, 15) is 13.2 Å². The lowest BCUT2D eigenvalue weighted by Crippen LogP contribution is -2.23. The van der Waals surface area contributed by atoms with E-state index >= 15 is 0 Å². The third-order valence-corrected chi connectivity index (χ3v) is 6.28. The molecule has 0 spiro atoms. The van der Waals surface area contributed by atoms with Gasteiger partial charge < -0.3 is 10.6 Å². The largest absolute Gasteiger partial charge is 0.352 e. The van der Waals surface area contributed by atoms with Crippen LogP contribution < -0.4 is 15.4 Å². The maximum atomic E-state index is 12.1. The zero-order valence-electron chi connectivity index (χ0n) is 15.4. The molecular weight excluding hydrogens is 376 g/mol. The number of amidine groups is 1. The monoisotopic (exact) mass is 398 g/mol. The molecule has 0 radical (unpaired) electrons. The van der Waals surface area contributed by atoms with Gasteiger partial charge >= 0.3 is 0 Å². The van der Waals surface area contributed by atoms with Gasteiger partial charge in [-0.2, -0.15) is 0 Å². The van der Waals surface area contributed by atoms with Crippen LogP contribution in [0.3, 0.4) is 0 Å². The molecule has 0 fully saturated rings. The molecular formula is C20H22N4O3S. The molecule has 2 aromatic rings. The van der Waals surface area contributed by atoms with Crippen LogP contribution in [0.15, 0.2) is 52.4 Å². The number of sulfonamides is 1. The van der Waals surface area contributed by atoms with Crippen LogP contribution in [0.2, 0.25) is 0 Å². The summed E-state index contributed by atoms with van der Waals surface area (Å²) >= 11 is 0. The topological polar surface area (TPSA) is 99.7 Å². The van der Waals surface area contributed by atoms with Crippen LogP contribution in [0.4, 0.5) is 0 Å². The first-order valence-corrected chi connectivity index (χ1v) is 10.8. The Bertz CT molecular complexity index is 1050. The minimum absolute atomic E-state index is 0.0359. The molecule has 0 saturated heterocycles. The molecule has 28 heavy (non-hydrogen) atoms. The highest BCUT2D eigenvalue weighted by atomic mass is 32.2. The number of aliphatic imine (C=N–C) groups is 1. The molecule has 8 heteroatoms. The van der Waals surface area contributed by atoms with E-state index in [-0.39, 0.29) is 10.8 Å². The number of amides is 1. The number of nitrogens with zero attached hydrogens (tertiary/aromatic N) is 1. The molecule has 0 unspecified atom stereocenters. The van der Waals surface area contributed by atoms with Crippen LogP contribution in [-0.2, 0) is 34.5 Å². The zero-order valence-corrected chi connectivity index (χ0v) is 16.2. The predicted octanol–water partition coefficient (Wildman–Crippen LogP) is 1.42. The third-order valence-electron chi connectivity index (χ3n) is 4.89. The minimum atomic E-state index is -3.52. The van der Waals surface area contributed by atoms with Gasteiger partial charge in [0.15, 0.2) is 0 Å². The van der Waals surface area contributed by atoms with Gasteiger partial charge in [-0.25, -0.2) is 8.42 Å². The van der Waals surface area contributed by atoms with Gasteiger partial charge in [-0.15, -0.1) is 0 Å². The second-order valence-corrected chi connectivity index (χ2v) is 8.57. The second kappa shape index (κ2) is 7.73. The highest BCUT2D eigenvalue weighted by Crippen LogP contribution is 2.22. The van der Waals surface area contributed by atoms with Crippen molar-refractivity contribution in [2.24, 2.45) is 4.99 Å². The summed E-state index contributed by atoms with van der Waals surface area (Å²) in [7, 11) is -3.52. The summed E-state index contributed by atoms with van der Waals surface area (Å²) in [5, 5.41) is 6.23. The maximum absolute atomic E-state index is 12.1. The Morgan fingerprint density at radius 1 is 1.11 bits per heavy atom. The van der Waals surface area contributed by atoms with Crippen LogP contribution >= 0.6 is 0 Å². The van der Waals surface area contributed by atoms with E-state index in [1.807, 2.05) is 6.07 Å². The van der Waals surface area contributed by atoms with Crippen LogP contribution in [0.25, 0.3) is 0 Å². The van der Waals surface area contributed by atoms with E-state index in [0.717, 1.165) is 18.7 Å². The average molecular weight is 398 g/mol. The first-order valence-electron chi connectivity index (χ1n) is 9.28. The second-order valence-electron chi connectivity index (χ2n) is 6.92. The van der Waals surface area contributed by atoms with Crippen molar-refractivity contribution in [3.63, 3.8) is 0 Å². The van der Waals surface area contributed by atoms with Gasteiger partial charge in [0.25, 0.3) is 10.0 Å². The Labute approximate surface area is 164 Å². The van der Waals surface area contributed by atoms with Crippen molar-refractivity contribution in [3.8, 4) is 0 Å². The fraction of sp³-hybridized carbons (Fsp3) is 0.300. The Morgan fingerprint density at radius 3 is 2.82 bits per heavy atom. The summed E-state index contributed by atoms with van der Waals surface area (Å²) < 4.78 is 26.5. The summed E-state index contributed by atoms with van der Waals surface area (Å²) in [6, 6.07) is 13.0. The number of benzene rings is 2. The van der Waals surface area contributed by atoms with E-state index < -0.39 is 10.0 Å². The van der Waals surface area contributed by atoms with Crippen molar-refractivity contribution in [1.82, 2.24) is 15.4 Å². The van der Waals surface area contributed by atoms with Gasteiger partial charge in [0.1, 0.15) is 5.84 Å². The standard InChI is InChI=1S/C20H22N4O3S/c25-19(23-11-14-7-8-15-12-21-13-16(15)10-14)6-3-9-22-20-17-4-1-2-5-18(17)28(26,27)24-20/h1-2,4-5,7-8,10,21H,3,6,9,11-13H2,(H,22,24)(H,23,25). The van der Waals surface area contributed by atoms with E-state index in [1.165, 1.54) is 11.1 Å². The molecule has 0 aromatic heterocycles. The molecule has 3 N–H and O–H groups in total. The lowest BCUT2D eigenvalue weighted by Gasteiger charge is -2.07. The van der Waals surface area contributed by atoms with Crippen molar-refractivity contribution in [3.05, 3.63) is 64.7 Å². The molecule has 0 bridgehead atoms. The van der Waals surface area contributed by atoms with Crippen molar-refractivity contribution in [2.45, 2.75) is 37.4 Å². The lowest BCUT2D eigenvalue weighted by atomic mass is 10.1. The SMILES string of the molecule is O=C(CCCN=C1NS(=O)(=O)c2ccccc21)NCc1ccc2c(c1)CNC2. The first-order chi connectivity index (χ1) is 13.5. The quantitative estimate of drug-likeness (QED) is 0.641. The zero-order chi connectivity index (χ0) is 19.6. The number of carbonyl (C=O) groups excluding carboxylic acids is 1. The number of nitrogens with one attached hydrogen (secondary N) is 3. The van der Waals surface area contributed by atoms with Gasteiger partial charge in [0, 0.05) is 38.2 Å². The summed E-state index contributed by atoms with van der Waals surface area (Å²) in [5.74, 6) is 0.314. The average Bonchev–Trinajstić information content (AvgIpc) is 3.26. The summed E-state index contributed by atoms with van der Waals surface area (Å²) in [4.78, 5) is 16.6. The number of fused-ring (bicyclic) bond motifs is 2. The maximum Gasteiger partial charge on any atom is 0.263 e. The van der Waals surface area contributed by atoms with Gasteiger partial charge in [-0.1, -0.05) is 30.3 Å². The summed E-state index contributed by atoms with van der Waals surface area (Å²) in [5.41, 5.74) is 4.28. The molecule has 0 atom stereocenters. The van der Waals surface area contributed by atoms with E-state index in [4.69, 9.17) is 0 Å². The van der Waals surface area contributed by atoms with Crippen LogP contribution in [0, 0.1) is 0 Å². The normalized spacial score (nSPS) is 17.8. The molecule has 2 aliphatic heterocycles. The Hall–Kier alpha value is -2.71. The van der Waals surface area contributed by atoms with E-state index in [1.54, 1.807) is 24.3 Å². The van der Waals surface area contributed by atoms with E-state index in [0.29, 0.717) is 37.3 Å². The van der Waals surface area contributed by atoms with Crippen LogP contribution in [0.5, 0.6) is 0 Å². The van der Waals surface area contributed by atoms with Crippen molar-refractivity contribution in [1.29, 1.82) is 0 Å². The third kappa shape index (κ3) is 3.93. The van der Waals surface area contributed by atoms with Crippen LogP contribution in [0.1, 0.15) is 35.1 Å². The van der Waals surface area contributed by atoms with Gasteiger partial charge in [-0.3, -0.25) is 14.5 Å². The summed E-state index contributed by atoms with van der Waals surface area (Å²) in [6.07, 6.45) is 0.894. The summed E-state index contributed by atoms with van der Waals surface area (Å²) in [6.45, 7) is 2.67. The van der Waals surface area contributed by atoms with Gasteiger partial charge in [-0.05, 0) is 35.2 Å². The van der Waals surface area contributed by atoms with Crippen molar-refractivity contribution < 1.29 is 13.2 Å². The van der Waals surface area contributed by atoms with Gasteiger partial charge in [0.05, 0.1) is 4.90 Å². The minimum Gasteiger partial charge on any atom is -0.352 e. The number of hydrogen-bond donors (Lipinski definition) is 3. The Kier molecular flexibility index (Phi) is 5.15. The molecule has 0 aliphatic carbocycles. The smallest absolute Gasteiger partial charge is 0.263 e. The molecule has 2 aromatic carbocycles. The fourth-order valence-corrected chi connectivity index (χ4v) is 4.68. The van der Waals surface area contributed by atoms with E-state index in [2.05, 4.69) is 32.5 Å². The molecule has 2 heterocycles. The number of hydrogen-bond acceptors (Lipinski definition) is 5. The predicted molar refractivity (Wildman–Crippen MR) is 106 cm³/mol. The highest BCUT2D eigenvalue weighted by Gasteiger charge is 2.29. The number of carbonyl (C=O) groups is 1. The van der Waals surface area contributed by atoms with Crippen molar-refractivity contribution >= 4 is 21.8 Å². The van der Waals surface area contributed by atoms with Crippen molar-refractivity contribution in [2.75, 3.05) is 6.54 Å². The molecule has 4 rings (SSSR count). The molecule has 2 aliphatic rings. The molecule has 0 saturated carbocycles. The Balaban J connectivity index is 1.26. The highest BCUT2D eigenvalue weighted by molar-refractivity contribution is 7.90. The lowest BCUT2D eigenvalue weighted by molar-refractivity contribution is -0.121. The van der Waals surface area contributed by atoms with Crippen LogP contribution in [-0.4, -0.2) is 26.7 Å². The van der Waals surface area contributed by atoms with Gasteiger partial charge in [0.2, 0.25) is 5.91 Å². The molecule has 146 valence electrons. The fourth-order valence-electron chi connectivity index (χ4n) is 3.43. The number of rotatable bonds is 6. The first kappa shape index (κ1) is 18.6. The molecule has 1 amide bonds. The molecule has 7 nitrogen and oxygen atoms in total.